The fraction of sp³-hybridized carbons (Fsp3) is 0.231. The minimum Gasteiger partial charge on any atom is -0.493 e. The van der Waals surface area contributed by atoms with E-state index in [2.05, 4.69) is 5.32 Å². The molecule has 0 radical (unpaired) electrons. The van der Waals surface area contributed by atoms with Crippen LogP contribution < -0.4 is 14.8 Å². The van der Waals surface area contributed by atoms with Gasteiger partial charge in [-0.05, 0) is 55.3 Å². The van der Waals surface area contributed by atoms with Gasteiger partial charge in [-0.15, -0.1) is 0 Å². The summed E-state index contributed by atoms with van der Waals surface area (Å²) in [6.07, 6.45) is 3.48. The van der Waals surface area contributed by atoms with E-state index >= 15 is 0 Å². The third-order valence-electron chi connectivity index (χ3n) is 5.42. The molecule has 0 aromatic heterocycles. The van der Waals surface area contributed by atoms with Crippen LogP contribution in [0.3, 0.4) is 0 Å². The van der Waals surface area contributed by atoms with Crippen molar-refractivity contribution < 1.29 is 28.9 Å². The van der Waals surface area contributed by atoms with Crippen molar-refractivity contribution in [3.63, 3.8) is 0 Å². The van der Waals surface area contributed by atoms with Gasteiger partial charge in [0.2, 0.25) is 0 Å². The van der Waals surface area contributed by atoms with Gasteiger partial charge in [0.25, 0.3) is 0 Å². The Morgan fingerprint density at radius 3 is 2.38 bits per heavy atom. The Morgan fingerprint density at radius 1 is 1.03 bits per heavy atom. The summed E-state index contributed by atoms with van der Waals surface area (Å²) >= 11 is 6.16. The molecule has 2 N–H and O–H groups in total. The van der Waals surface area contributed by atoms with Crippen molar-refractivity contribution in [2.75, 3.05) is 20.8 Å². The molecule has 0 aliphatic carbocycles. The van der Waals surface area contributed by atoms with E-state index in [9.17, 15) is 14.7 Å². The van der Waals surface area contributed by atoms with Gasteiger partial charge in [0.15, 0.2) is 11.5 Å². The van der Waals surface area contributed by atoms with Gasteiger partial charge >= 0.3 is 11.9 Å². The van der Waals surface area contributed by atoms with Gasteiger partial charge in [0, 0.05) is 16.4 Å². The average Bonchev–Trinajstić information content (AvgIpc) is 2.80. The summed E-state index contributed by atoms with van der Waals surface area (Å²) in [7, 11) is 3.12. The molecule has 0 bridgehead atoms. The lowest BCUT2D eigenvalue weighted by Crippen LogP contribution is -2.31. The fourth-order valence-corrected chi connectivity index (χ4v) is 4.11. The maximum absolute atomic E-state index is 13.1. The molecule has 1 atom stereocenters. The predicted molar refractivity (Wildman–Crippen MR) is 130 cm³/mol. The van der Waals surface area contributed by atoms with E-state index in [4.69, 9.17) is 25.8 Å². The number of esters is 1. The van der Waals surface area contributed by atoms with E-state index in [0.717, 1.165) is 5.56 Å². The zero-order valence-corrected chi connectivity index (χ0v) is 20.1. The molecule has 1 aliphatic heterocycles. The smallest absolute Gasteiger partial charge is 0.337 e. The molecule has 3 rings (SSSR count). The molecule has 1 aliphatic rings. The Hall–Kier alpha value is -3.71. The molecular formula is C26H26ClNO6. The number of ether oxygens (including phenoxy) is 3. The van der Waals surface area contributed by atoms with Crippen LogP contribution in [0.5, 0.6) is 11.5 Å². The van der Waals surface area contributed by atoms with Crippen LogP contribution in [0.1, 0.15) is 30.9 Å². The van der Waals surface area contributed by atoms with E-state index in [1.807, 2.05) is 6.07 Å². The highest BCUT2D eigenvalue weighted by Crippen LogP contribution is 2.39. The monoisotopic (exact) mass is 483 g/mol. The number of dihydropyridines is 1. The van der Waals surface area contributed by atoms with Crippen molar-refractivity contribution in [3.8, 4) is 11.5 Å². The Bertz CT molecular complexity index is 1200. The molecule has 2 aromatic rings. The largest absolute Gasteiger partial charge is 0.493 e. The standard InChI is InChI=1S/C26H26ClNO6/c1-15-22(25(29)30)24(18-8-5-9-19(27)14-18)23(16(2)28-15)26(31)34-12-6-7-17-10-11-20(32-3)21(13-17)33-4/h5-11,13-14,24,28H,12H2,1-4H3,(H,29,30). The first-order chi connectivity index (χ1) is 16.3. The van der Waals surface area contributed by atoms with Gasteiger partial charge in [-0.2, -0.15) is 0 Å². The van der Waals surface area contributed by atoms with E-state index in [1.165, 1.54) is 0 Å². The molecule has 178 valence electrons. The molecule has 1 heterocycles. The van der Waals surface area contributed by atoms with Crippen molar-refractivity contribution >= 4 is 29.6 Å². The number of hydrogen-bond acceptors (Lipinski definition) is 6. The second kappa shape index (κ2) is 10.9. The number of methoxy groups -OCH3 is 2. The molecular weight excluding hydrogens is 458 g/mol. The van der Waals surface area contributed by atoms with E-state index in [0.29, 0.717) is 33.5 Å². The van der Waals surface area contributed by atoms with Crippen molar-refractivity contribution in [3.05, 3.63) is 87.2 Å². The minimum absolute atomic E-state index is 0.00265. The zero-order valence-electron chi connectivity index (χ0n) is 19.3. The van der Waals surface area contributed by atoms with E-state index in [-0.39, 0.29) is 17.8 Å². The Morgan fingerprint density at radius 2 is 1.74 bits per heavy atom. The summed E-state index contributed by atoms with van der Waals surface area (Å²) in [6.45, 7) is 3.38. The number of rotatable bonds is 8. The van der Waals surface area contributed by atoms with Crippen LogP contribution in [0, 0.1) is 0 Å². The summed E-state index contributed by atoms with van der Waals surface area (Å²) in [4.78, 5) is 25.2. The predicted octanol–water partition coefficient (Wildman–Crippen LogP) is 4.93. The number of carbonyl (C=O) groups excluding carboxylic acids is 1. The maximum Gasteiger partial charge on any atom is 0.337 e. The van der Waals surface area contributed by atoms with Crippen molar-refractivity contribution in [2.45, 2.75) is 19.8 Å². The Kier molecular flexibility index (Phi) is 8.02. The number of carbonyl (C=O) groups is 2. The number of nitrogens with one attached hydrogen (secondary N) is 1. The molecule has 7 nitrogen and oxygen atoms in total. The fourth-order valence-electron chi connectivity index (χ4n) is 3.91. The number of benzene rings is 2. The van der Waals surface area contributed by atoms with Gasteiger partial charge in [0.1, 0.15) is 6.61 Å². The Balaban J connectivity index is 1.82. The lowest BCUT2D eigenvalue weighted by atomic mass is 9.80. The molecule has 8 heteroatoms. The normalized spacial score (nSPS) is 15.9. The molecule has 0 amide bonds. The highest BCUT2D eigenvalue weighted by molar-refractivity contribution is 6.30. The van der Waals surface area contributed by atoms with Crippen LogP contribution in [-0.4, -0.2) is 37.9 Å². The summed E-state index contributed by atoms with van der Waals surface area (Å²) in [5.41, 5.74) is 2.72. The van der Waals surface area contributed by atoms with Crippen molar-refractivity contribution in [1.82, 2.24) is 5.32 Å². The summed E-state index contributed by atoms with van der Waals surface area (Å²) in [5, 5.41) is 13.3. The van der Waals surface area contributed by atoms with E-state index in [1.54, 1.807) is 76.6 Å². The number of hydrogen-bond donors (Lipinski definition) is 2. The zero-order chi connectivity index (χ0) is 24.8. The van der Waals surface area contributed by atoms with Gasteiger partial charge in [-0.25, -0.2) is 9.59 Å². The number of allylic oxidation sites excluding steroid dienone is 2. The SMILES string of the molecule is COc1ccc(C=CCOC(=O)C2=C(C)NC(C)=C(C(=O)O)C2c2cccc(Cl)c2)cc1OC. The second-order valence-electron chi connectivity index (χ2n) is 7.61. The number of carboxylic acids is 1. The molecule has 1 unspecified atom stereocenters. The first-order valence-electron chi connectivity index (χ1n) is 10.5. The Labute approximate surface area is 203 Å². The third kappa shape index (κ3) is 5.43. The first kappa shape index (κ1) is 24.9. The van der Waals surface area contributed by atoms with Gasteiger partial charge in [-0.3, -0.25) is 0 Å². The average molecular weight is 484 g/mol. The molecule has 34 heavy (non-hydrogen) atoms. The summed E-state index contributed by atoms with van der Waals surface area (Å²) < 4.78 is 16.0. The van der Waals surface area contributed by atoms with Gasteiger partial charge in [-0.1, -0.05) is 35.9 Å². The topological polar surface area (TPSA) is 94.1 Å². The lowest BCUT2D eigenvalue weighted by molar-refractivity contribution is -0.138. The highest BCUT2D eigenvalue weighted by Gasteiger charge is 2.37. The van der Waals surface area contributed by atoms with Crippen LogP contribution >= 0.6 is 11.6 Å². The maximum atomic E-state index is 13.1. The van der Waals surface area contributed by atoms with Gasteiger partial charge < -0.3 is 24.6 Å². The molecule has 0 spiro atoms. The molecule has 2 aromatic carbocycles. The van der Waals surface area contributed by atoms with Crippen molar-refractivity contribution in [1.29, 1.82) is 0 Å². The second-order valence-corrected chi connectivity index (χ2v) is 8.05. The molecule has 0 saturated heterocycles. The number of halogens is 1. The molecule has 0 fully saturated rings. The van der Waals surface area contributed by atoms with Crippen LogP contribution in [0.4, 0.5) is 0 Å². The lowest BCUT2D eigenvalue weighted by Gasteiger charge is -2.29. The van der Waals surface area contributed by atoms with Crippen molar-refractivity contribution in [2.24, 2.45) is 0 Å². The minimum atomic E-state index is -1.12. The quantitative estimate of drug-likeness (QED) is 0.514. The van der Waals surface area contributed by atoms with Crippen LogP contribution in [0.2, 0.25) is 5.02 Å². The molecule has 0 saturated carbocycles. The number of carboxylic acid groups (broad SMARTS) is 1. The first-order valence-corrected chi connectivity index (χ1v) is 10.9. The summed E-state index contributed by atoms with van der Waals surface area (Å²) in [6, 6.07) is 12.2. The highest BCUT2D eigenvalue weighted by atomic mass is 35.5. The van der Waals surface area contributed by atoms with Gasteiger partial charge in [0.05, 0.1) is 31.3 Å². The van der Waals surface area contributed by atoms with Crippen LogP contribution in [0.15, 0.2) is 71.1 Å². The van der Waals surface area contributed by atoms with Crippen LogP contribution in [-0.2, 0) is 14.3 Å². The summed E-state index contributed by atoms with van der Waals surface area (Å²) in [5.74, 6) is -1.36. The third-order valence-corrected chi connectivity index (χ3v) is 5.66. The van der Waals surface area contributed by atoms with E-state index < -0.39 is 17.9 Å². The number of aliphatic carboxylic acids is 1. The van der Waals surface area contributed by atoms with Crippen LogP contribution in [0.25, 0.3) is 6.08 Å².